The first kappa shape index (κ1) is 21.3. The zero-order valence-corrected chi connectivity index (χ0v) is 18.6. The van der Waals surface area contributed by atoms with Crippen LogP contribution in [-0.2, 0) is 16.1 Å². The van der Waals surface area contributed by atoms with Gasteiger partial charge in [0.2, 0.25) is 0 Å². The molecule has 0 radical (unpaired) electrons. The number of carbonyl (C=O) groups excluding carboxylic acids is 1. The van der Waals surface area contributed by atoms with Gasteiger partial charge in [-0.1, -0.05) is 30.0 Å². The number of hydrogen-bond donors (Lipinski definition) is 1. The van der Waals surface area contributed by atoms with Crippen molar-refractivity contribution in [3.05, 3.63) is 68.9 Å². The van der Waals surface area contributed by atoms with E-state index in [0.717, 1.165) is 17.3 Å². The first-order valence-electron chi connectivity index (χ1n) is 9.52. The zero-order chi connectivity index (χ0) is 22.0. The van der Waals surface area contributed by atoms with Gasteiger partial charge in [-0.2, -0.15) is 0 Å². The number of ether oxygens (including phenoxy) is 1. The second-order valence-corrected chi connectivity index (χ2v) is 8.50. The summed E-state index contributed by atoms with van der Waals surface area (Å²) in [5, 5.41) is 3.17. The Kier molecular flexibility index (Phi) is 6.21. The van der Waals surface area contributed by atoms with Crippen molar-refractivity contribution in [2.75, 3.05) is 25.6 Å². The molecule has 1 fully saturated rings. The molecule has 0 unspecified atom stereocenters. The van der Waals surface area contributed by atoms with Crippen LogP contribution in [0.15, 0.2) is 50.8 Å². The monoisotopic (exact) mass is 456 g/mol. The molecule has 4 heterocycles. The highest BCUT2D eigenvalue weighted by atomic mass is 32.2. The Morgan fingerprint density at radius 1 is 1.32 bits per heavy atom. The van der Waals surface area contributed by atoms with Gasteiger partial charge in [0.05, 0.1) is 36.4 Å². The Balaban J connectivity index is 1.78. The van der Waals surface area contributed by atoms with Crippen LogP contribution in [0.5, 0.6) is 0 Å². The highest BCUT2D eigenvalue weighted by Gasteiger charge is 2.32. The van der Waals surface area contributed by atoms with Gasteiger partial charge in [-0.05, 0) is 36.8 Å². The van der Waals surface area contributed by atoms with Crippen molar-refractivity contribution >= 4 is 51.7 Å². The molecular weight excluding hydrogens is 436 g/mol. The number of thioether (sulfide) groups is 1. The lowest BCUT2D eigenvalue weighted by Crippen LogP contribution is -2.31. The number of anilines is 1. The van der Waals surface area contributed by atoms with E-state index in [-0.39, 0.29) is 17.0 Å². The minimum atomic E-state index is -0.280. The molecule has 0 atom stereocenters. The summed E-state index contributed by atoms with van der Waals surface area (Å²) in [6.07, 6.45) is 4.80. The fourth-order valence-corrected chi connectivity index (χ4v) is 4.46. The average Bonchev–Trinajstić information content (AvgIpc) is 3.36. The van der Waals surface area contributed by atoms with Crippen molar-refractivity contribution in [3.8, 4) is 0 Å². The Labute approximate surface area is 187 Å². The van der Waals surface area contributed by atoms with E-state index in [2.05, 4.69) is 10.3 Å². The van der Waals surface area contributed by atoms with Crippen molar-refractivity contribution < 1.29 is 13.9 Å². The lowest BCUT2D eigenvalue weighted by molar-refractivity contribution is -0.122. The predicted octanol–water partition coefficient (Wildman–Crippen LogP) is 3.06. The molecule has 8 nitrogen and oxygen atoms in total. The zero-order valence-electron chi connectivity index (χ0n) is 17.0. The molecule has 160 valence electrons. The van der Waals surface area contributed by atoms with Crippen LogP contribution in [0.25, 0.3) is 11.7 Å². The van der Waals surface area contributed by atoms with Crippen LogP contribution in [0.2, 0.25) is 0 Å². The number of furan rings is 1. The maximum atomic E-state index is 13.3. The third-order valence-electron chi connectivity index (χ3n) is 4.76. The summed E-state index contributed by atoms with van der Waals surface area (Å²) in [4.78, 5) is 32.7. The highest BCUT2D eigenvalue weighted by molar-refractivity contribution is 8.26. The third-order valence-corrected chi connectivity index (χ3v) is 6.14. The molecule has 0 bridgehead atoms. The van der Waals surface area contributed by atoms with E-state index in [9.17, 15) is 9.59 Å². The minimum Gasteiger partial charge on any atom is -0.467 e. The van der Waals surface area contributed by atoms with Crippen molar-refractivity contribution in [2.45, 2.75) is 13.5 Å². The second-order valence-electron chi connectivity index (χ2n) is 6.82. The Bertz CT molecular complexity index is 1230. The highest BCUT2D eigenvalue weighted by Crippen LogP contribution is 2.33. The Hall–Kier alpha value is -2.95. The van der Waals surface area contributed by atoms with Crippen molar-refractivity contribution in [3.63, 3.8) is 0 Å². The van der Waals surface area contributed by atoms with Gasteiger partial charge in [0.25, 0.3) is 11.5 Å². The number of amides is 1. The number of carbonyl (C=O) groups is 1. The maximum Gasteiger partial charge on any atom is 0.267 e. The molecule has 1 aliphatic heterocycles. The van der Waals surface area contributed by atoms with Gasteiger partial charge in [-0.15, -0.1) is 0 Å². The van der Waals surface area contributed by atoms with Gasteiger partial charge < -0.3 is 14.5 Å². The SMILES string of the molecule is COCCN1C(=O)/C(=C/c2c(NCc3ccco3)nc3c(C)cccn3c2=O)SC1=S. The number of methoxy groups -OCH3 is 1. The fourth-order valence-electron chi connectivity index (χ4n) is 3.17. The molecule has 1 N–H and O–H groups in total. The molecule has 1 aliphatic rings. The first-order valence-corrected chi connectivity index (χ1v) is 10.7. The molecule has 0 saturated carbocycles. The van der Waals surface area contributed by atoms with Gasteiger partial charge in [0, 0.05) is 13.3 Å². The lowest BCUT2D eigenvalue weighted by Gasteiger charge is -2.13. The van der Waals surface area contributed by atoms with Gasteiger partial charge in [-0.3, -0.25) is 18.9 Å². The van der Waals surface area contributed by atoms with Crippen LogP contribution in [0.4, 0.5) is 5.82 Å². The molecule has 1 saturated heterocycles. The van der Waals surface area contributed by atoms with E-state index in [1.165, 1.54) is 9.30 Å². The topological polar surface area (TPSA) is 89.1 Å². The summed E-state index contributed by atoms with van der Waals surface area (Å²) in [5.41, 5.74) is 1.40. The van der Waals surface area contributed by atoms with E-state index in [4.69, 9.17) is 21.4 Å². The number of nitrogens with zero attached hydrogens (tertiary/aromatic N) is 3. The molecule has 10 heteroatoms. The number of hydrogen-bond acceptors (Lipinski definition) is 8. The Morgan fingerprint density at radius 3 is 2.90 bits per heavy atom. The minimum absolute atomic E-state index is 0.252. The first-order chi connectivity index (χ1) is 15.0. The van der Waals surface area contributed by atoms with E-state index < -0.39 is 0 Å². The summed E-state index contributed by atoms with van der Waals surface area (Å²) in [5.74, 6) is 0.819. The molecular formula is C21H20N4O4S2. The summed E-state index contributed by atoms with van der Waals surface area (Å²) in [6, 6.07) is 7.29. The van der Waals surface area contributed by atoms with Gasteiger partial charge in [0.15, 0.2) is 0 Å². The molecule has 31 heavy (non-hydrogen) atoms. The van der Waals surface area contributed by atoms with Gasteiger partial charge in [-0.25, -0.2) is 4.98 Å². The molecule has 4 rings (SSSR count). The van der Waals surface area contributed by atoms with E-state index in [1.54, 1.807) is 37.8 Å². The van der Waals surface area contributed by atoms with Crippen LogP contribution < -0.4 is 10.9 Å². The standard InChI is InChI=1S/C21H20N4O4S2/c1-13-5-3-7-24-18(13)23-17(22-12-14-6-4-9-29-14)15(19(24)26)11-16-20(27)25(8-10-28-2)21(30)31-16/h3-7,9,11,22H,8,10,12H2,1-2H3/b16-11-. The quantitative estimate of drug-likeness (QED) is 0.429. The van der Waals surface area contributed by atoms with Crippen LogP contribution in [0.3, 0.4) is 0 Å². The normalized spacial score (nSPS) is 15.4. The number of nitrogens with one attached hydrogen (secondary N) is 1. The second kappa shape index (κ2) is 9.04. The third kappa shape index (κ3) is 4.27. The van der Waals surface area contributed by atoms with E-state index in [1.807, 2.05) is 19.1 Å². The maximum absolute atomic E-state index is 13.3. The predicted molar refractivity (Wildman–Crippen MR) is 124 cm³/mol. The number of pyridine rings is 1. The fraction of sp³-hybridized carbons (Fsp3) is 0.238. The summed E-state index contributed by atoms with van der Waals surface area (Å²) in [6.45, 7) is 2.96. The largest absolute Gasteiger partial charge is 0.467 e. The molecule has 0 aromatic carbocycles. The van der Waals surface area contributed by atoms with Crippen molar-refractivity contribution in [1.29, 1.82) is 0 Å². The number of aromatic nitrogens is 2. The smallest absolute Gasteiger partial charge is 0.267 e. The molecule has 0 spiro atoms. The number of rotatable bonds is 7. The number of aryl methyl sites for hydroxylation is 1. The van der Waals surface area contributed by atoms with E-state index in [0.29, 0.717) is 46.1 Å². The molecule has 0 aliphatic carbocycles. The summed E-state index contributed by atoms with van der Waals surface area (Å²) >= 11 is 6.49. The molecule has 1 amide bonds. The van der Waals surface area contributed by atoms with Crippen LogP contribution in [-0.4, -0.2) is 44.8 Å². The van der Waals surface area contributed by atoms with Crippen LogP contribution >= 0.6 is 24.0 Å². The lowest BCUT2D eigenvalue weighted by atomic mass is 10.2. The van der Waals surface area contributed by atoms with Crippen LogP contribution in [0.1, 0.15) is 16.9 Å². The summed E-state index contributed by atoms with van der Waals surface area (Å²) < 4.78 is 12.3. The number of thiocarbonyl (C=S) groups is 1. The van der Waals surface area contributed by atoms with Gasteiger partial charge >= 0.3 is 0 Å². The summed E-state index contributed by atoms with van der Waals surface area (Å²) in [7, 11) is 1.56. The van der Waals surface area contributed by atoms with Crippen molar-refractivity contribution in [1.82, 2.24) is 14.3 Å². The van der Waals surface area contributed by atoms with Crippen molar-refractivity contribution in [2.24, 2.45) is 0 Å². The molecule has 3 aromatic heterocycles. The molecule has 3 aromatic rings. The van der Waals surface area contributed by atoms with Gasteiger partial charge in [0.1, 0.15) is 21.5 Å². The Morgan fingerprint density at radius 2 is 2.16 bits per heavy atom. The van der Waals surface area contributed by atoms with E-state index >= 15 is 0 Å². The average molecular weight is 457 g/mol. The number of fused-ring (bicyclic) bond motifs is 1. The van der Waals surface area contributed by atoms with Crippen LogP contribution in [0, 0.1) is 6.92 Å².